The molecule has 0 fully saturated rings. The molecule has 5 heteroatoms. The number of hydrogen-bond donors (Lipinski definition) is 1. The number of nitrogens with one attached hydrogen (secondary N) is 1. The van der Waals surface area contributed by atoms with Gasteiger partial charge in [0.05, 0.1) is 16.8 Å². The molecule has 1 heterocycles. The molecule has 98 valence electrons. The molecule has 19 heavy (non-hydrogen) atoms. The van der Waals surface area contributed by atoms with Crippen LogP contribution in [0.5, 0.6) is 0 Å². The highest BCUT2D eigenvalue weighted by Crippen LogP contribution is 2.23. The van der Waals surface area contributed by atoms with Crippen molar-refractivity contribution in [3.8, 4) is 6.07 Å². The van der Waals surface area contributed by atoms with Crippen LogP contribution in [-0.2, 0) is 0 Å². The molecule has 0 bridgehead atoms. The van der Waals surface area contributed by atoms with Crippen LogP contribution in [0.3, 0.4) is 0 Å². The molecule has 0 aliphatic carbocycles. The molecule has 0 radical (unpaired) electrons. The Bertz CT molecular complexity index is 575. The number of aryl methyl sites for hydroxylation is 1. The van der Waals surface area contributed by atoms with E-state index in [1.165, 1.54) is 0 Å². The third kappa shape index (κ3) is 3.27. The van der Waals surface area contributed by atoms with Crippen LogP contribution >= 0.6 is 11.6 Å². The maximum atomic E-state index is 12.0. The molecule has 1 aromatic carbocycles. The maximum absolute atomic E-state index is 12.0. The van der Waals surface area contributed by atoms with Gasteiger partial charge in [-0.2, -0.15) is 5.26 Å². The van der Waals surface area contributed by atoms with Crippen molar-refractivity contribution < 1.29 is 4.79 Å². The minimum atomic E-state index is -0.195. The van der Waals surface area contributed by atoms with Crippen LogP contribution < -0.4 is 5.32 Å². The van der Waals surface area contributed by atoms with Gasteiger partial charge < -0.3 is 10.2 Å². The summed E-state index contributed by atoms with van der Waals surface area (Å²) < 4.78 is 0. The predicted molar refractivity (Wildman–Crippen MR) is 75.1 cm³/mol. The Morgan fingerprint density at radius 3 is 2.89 bits per heavy atom. The number of urea groups is 1. The van der Waals surface area contributed by atoms with Crippen LogP contribution in [-0.4, -0.2) is 24.0 Å². The van der Waals surface area contributed by atoms with Gasteiger partial charge in [-0.15, -0.1) is 0 Å². The van der Waals surface area contributed by atoms with Crippen LogP contribution in [0.1, 0.15) is 12.0 Å². The normalized spacial score (nSPS) is 14.6. The summed E-state index contributed by atoms with van der Waals surface area (Å²) in [5.74, 6) is 0. The highest BCUT2D eigenvalue weighted by Gasteiger charge is 2.17. The molecule has 0 saturated carbocycles. The molecule has 2 rings (SSSR count). The Labute approximate surface area is 117 Å². The summed E-state index contributed by atoms with van der Waals surface area (Å²) in [6, 6.07) is 7.40. The van der Waals surface area contributed by atoms with E-state index in [-0.39, 0.29) is 6.03 Å². The standard InChI is InChI=1S/C14H14ClN3O/c1-10-2-3-13(12(15)8-10)17-14(19)18-6-4-11(9-16)5-7-18/h2-4,8H,5-7H2,1H3,(H,17,19). The van der Waals surface area contributed by atoms with Crippen molar-refractivity contribution in [2.24, 2.45) is 0 Å². The first kappa shape index (κ1) is 13.4. The number of nitriles is 1. The average molecular weight is 276 g/mol. The van der Waals surface area contributed by atoms with E-state index in [4.69, 9.17) is 16.9 Å². The number of carbonyl (C=O) groups is 1. The van der Waals surface area contributed by atoms with Gasteiger partial charge in [0, 0.05) is 18.7 Å². The van der Waals surface area contributed by atoms with Crippen molar-refractivity contribution in [3.63, 3.8) is 0 Å². The van der Waals surface area contributed by atoms with Crippen LogP contribution in [0.4, 0.5) is 10.5 Å². The van der Waals surface area contributed by atoms with E-state index < -0.39 is 0 Å². The van der Waals surface area contributed by atoms with E-state index in [0.717, 1.165) is 11.1 Å². The highest BCUT2D eigenvalue weighted by atomic mass is 35.5. The lowest BCUT2D eigenvalue weighted by Gasteiger charge is -2.25. The third-order valence-corrected chi connectivity index (χ3v) is 3.32. The van der Waals surface area contributed by atoms with Crippen molar-refractivity contribution in [3.05, 3.63) is 40.4 Å². The van der Waals surface area contributed by atoms with Crippen molar-refractivity contribution in [1.29, 1.82) is 5.26 Å². The van der Waals surface area contributed by atoms with Gasteiger partial charge in [0.1, 0.15) is 0 Å². The number of carbonyl (C=O) groups excluding carboxylic acids is 1. The molecule has 0 saturated heterocycles. The van der Waals surface area contributed by atoms with Crippen molar-refractivity contribution in [2.45, 2.75) is 13.3 Å². The minimum Gasteiger partial charge on any atom is -0.320 e. The number of anilines is 1. The van der Waals surface area contributed by atoms with Crippen LogP contribution in [0.15, 0.2) is 29.8 Å². The van der Waals surface area contributed by atoms with Gasteiger partial charge in [0.15, 0.2) is 0 Å². The highest BCUT2D eigenvalue weighted by molar-refractivity contribution is 6.33. The molecule has 1 N–H and O–H groups in total. The smallest absolute Gasteiger partial charge is 0.320 e. The second-order valence-corrected chi connectivity index (χ2v) is 4.86. The number of hydrogen-bond acceptors (Lipinski definition) is 2. The lowest BCUT2D eigenvalue weighted by Crippen LogP contribution is -2.38. The van der Waals surface area contributed by atoms with E-state index in [2.05, 4.69) is 11.4 Å². The van der Waals surface area contributed by atoms with Crippen molar-refractivity contribution in [1.82, 2.24) is 4.90 Å². The zero-order chi connectivity index (χ0) is 13.8. The molecular formula is C14H14ClN3O. The minimum absolute atomic E-state index is 0.195. The first-order valence-corrected chi connectivity index (χ1v) is 6.39. The number of amides is 2. The summed E-state index contributed by atoms with van der Waals surface area (Å²) in [6.45, 7) is 2.95. The van der Waals surface area contributed by atoms with E-state index in [1.807, 2.05) is 13.0 Å². The molecule has 4 nitrogen and oxygen atoms in total. The molecule has 0 spiro atoms. The number of rotatable bonds is 1. The molecule has 2 amide bonds. The first-order chi connectivity index (χ1) is 9.10. The molecular weight excluding hydrogens is 262 g/mol. The van der Waals surface area contributed by atoms with Gasteiger partial charge in [-0.3, -0.25) is 0 Å². The van der Waals surface area contributed by atoms with Gasteiger partial charge in [-0.25, -0.2) is 4.79 Å². The van der Waals surface area contributed by atoms with Gasteiger partial charge in [-0.05, 0) is 31.0 Å². The zero-order valence-electron chi connectivity index (χ0n) is 10.6. The lowest BCUT2D eigenvalue weighted by molar-refractivity contribution is 0.216. The SMILES string of the molecule is Cc1ccc(NC(=O)N2CC=C(C#N)CC2)c(Cl)c1. The Balaban J connectivity index is 2.02. The second-order valence-electron chi connectivity index (χ2n) is 4.45. The van der Waals surface area contributed by atoms with Gasteiger partial charge >= 0.3 is 6.03 Å². The first-order valence-electron chi connectivity index (χ1n) is 6.01. The molecule has 0 aromatic heterocycles. The summed E-state index contributed by atoms with van der Waals surface area (Å²) in [6.07, 6.45) is 2.38. The predicted octanol–water partition coefficient (Wildman–Crippen LogP) is 3.34. The third-order valence-electron chi connectivity index (χ3n) is 3.01. The Morgan fingerprint density at radius 1 is 1.53 bits per heavy atom. The van der Waals surface area contributed by atoms with Crippen LogP contribution in [0.25, 0.3) is 0 Å². The molecule has 0 atom stereocenters. The molecule has 0 unspecified atom stereocenters. The van der Waals surface area contributed by atoms with Crippen molar-refractivity contribution in [2.75, 3.05) is 18.4 Å². The summed E-state index contributed by atoms with van der Waals surface area (Å²) >= 11 is 6.07. The number of nitrogens with zero attached hydrogens (tertiary/aromatic N) is 2. The Morgan fingerprint density at radius 2 is 2.32 bits per heavy atom. The topological polar surface area (TPSA) is 56.1 Å². The summed E-state index contributed by atoms with van der Waals surface area (Å²) in [4.78, 5) is 13.7. The second kappa shape index (κ2) is 5.77. The molecule has 1 aliphatic rings. The van der Waals surface area contributed by atoms with Gasteiger partial charge in [0.25, 0.3) is 0 Å². The fourth-order valence-electron chi connectivity index (χ4n) is 1.87. The Kier molecular flexibility index (Phi) is 4.08. The van der Waals surface area contributed by atoms with Gasteiger partial charge in [0.2, 0.25) is 0 Å². The number of halogens is 1. The average Bonchev–Trinajstić information content (AvgIpc) is 2.42. The number of benzene rings is 1. The van der Waals surface area contributed by atoms with Crippen LogP contribution in [0.2, 0.25) is 5.02 Å². The monoisotopic (exact) mass is 275 g/mol. The van der Waals surface area contributed by atoms with E-state index >= 15 is 0 Å². The zero-order valence-corrected chi connectivity index (χ0v) is 11.4. The lowest BCUT2D eigenvalue weighted by atomic mass is 10.1. The summed E-state index contributed by atoms with van der Waals surface area (Å²) in [5, 5.41) is 12.1. The van der Waals surface area contributed by atoms with E-state index in [1.54, 1.807) is 23.1 Å². The fraction of sp³-hybridized carbons (Fsp3) is 0.286. The maximum Gasteiger partial charge on any atom is 0.322 e. The summed E-state index contributed by atoms with van der Waals surface area (Å²) in [7, 11) is 0. The largest absolute Gasteiger partial charge is 0.322 e. The summed E-state index contributed by atoms with van der Waals surface area (Å²) in [5.41, 5.74) is 2.38. The molecule has 1 aliphatic heterocycles. The molecule has 1 aromatic rings. The van der Waals surface area contributed by atoms with E-state index in [9.17, 15) is 4.79 Å². The fourth-order valence-corrected chi connectivity index (χ4v) is 2.15. The van der Waals surface area contributed by atoms with Crippen LogP contribution in [0, 0.1) is 18.3 Å². The van der Waals surface area contributed by atoms with E-state index in [0.29, 0.717) is 30.2 Å². The van der Waals surface area contributed by atoms with Gasteiger partial charge in [-0.1, -0.05) is 23.7 Å². The van der Waals surface area contributed by atoms with Crippen molar-refractivity contribution >= 4 is 23.3 Å². The Hall–Kier alpha value is -1.99. The quantitative estimate of drug-likeness (QED) is 0.855.